The fourth-order valence-electron chi connectivity index (χ4n) is 2.34. The van der Waals surface area contributed by atoms with Crippen LogP contribution in [0.1, 0.15) is 51.7 Å². The summed E-state index contributed by atoms with van der Waals surface area (Å²) in [6.07, 6.45) is 5.25. The molecule has 0 aliphatic heterocycles. The molecule has 5 heteroatoms. The van der Waals surface area contributed by atoms with Gasteiger partial charge in [0.2, 0.25) is 0 Å². The van der Waals surface area contributed by atoms with Crippen LogP contribution >= 0.6 is 23.4 Å². The molecule has 130 valence electrons. The van der Waals surface area contributed by atoms with Gasteiger partial charge in [-0.3, -0.25) is 4.79 Å². The largest absolute Gasteiger partial charge is 0.287 e. The topological polar surface area (TPSA) is 34.9 Å². The summed E-state index contributed by atoms with van der Waals surface area (Å²) in [6, 6.07) is 8.66. The first-order chi connectivity index (χ1) is 11.3. The van der Waals surface area contributed by atoms with Crippen LogP contribution < -0.4 is 5.56 Å². The van der Waals surface area contributed by atoms with E-state index in [-0.39, 0.29) is 16.1 Å². The minimum absolute atomic E-state index is 0.232. The van der Waals surface area contributed by atoms with E-state index in [0.29, 0.717) is 0 Å². The molecular formula is C19H25ClN2OS. The molecule has 0 unspecified atom stereocenters. The van der Waals surface area contributed by atoms with E-state index in [0.717, 1.165) is 17.1 Å². The quantitative estimate of drug-likeness (QED) is 0.653. The van der Waals surface area contributed by atoms with Gasteiger partial charge in [-0.25, -0.2) is 4.68 Å². The maximum absolute atomic E-state index is 12.3. The van der Waals surface area contributed by atoms with Gasteiger partial charge in [-0.2, -0.15) is 5.10 Å². The summed E-state index contributed by atoms with van der Waals surface area (Å²) in [5, 5.41) is 4.52. The summed E-state index contributed by atoms with van der Waals surface area (Å²) < 4.78 is 1.43. The average molecular weight is 365 g/mol. The Morgan fingerprint density at radius 3 is 2.38 bits per heavy atom. The Kier molecular flexibility index (Phi) is 6.53. The van der Waals surface area contributed by atoms with Gasteiger partial charge in [-0.05, 0) is 44.7 Å². The van der Waals surface area contributed by atoms with Crippen LogP contribution in [0.25, 0.3) is 0 Å². The number of thioether (sulfide) groups is 1. The van der Waals surface area contributed by atoms with Crippen molar-refractivity contribution in [3.8, 4) is 0 Å². The number of benzene rings is 1. The predicted molar refractivity (Wildman–Crippen MR) is 103 cm³/mol. The fraction of sp³-hybridized carbons (Fsp3) is 0.474. The lowest BCUT2D eigenvalue weighted by Gasteiger charge is -2.21. The fourth-order valence-corrected chi connectivity index (χ4v) is 3.48. The molecule has 0 fully saturated rings. The highest BCUT2D eigenvalue weighted by Gasteiger charge is 2.19. The summed E-state index contributed by atoms with van der Waals surface area (Å²) in [7, 11) is 0. The van der Waals surface area contributed by atoms with Crippen molar-refractivity contribution in [2.75, 3.05) is 0 Å². The number of rotatable bonds is 6. The van der Waals surface area contributed by atoms with Gasteiger partial charge in [0.1, 0.15) is 5.02 Å². The number of nitrogens with zero attached hydrogens (tertiary/aromatic N) is 2. The highest BCUT2D eigenvalue weighted by atomic mass is 35.5. The molecule has 1 heterocycles. The molecule has 0 aliphatic rings. The van der Waals surface area contributed by atoms with E-state index in [1.54, 1.807) is 18.0 Å². The SMILES string of the molecule is CCCCc1ccc(CSc2cnn(C(C)(C)C)c(=O)c2Cl)cc1. The zero-order chi connectivity index (χ0) is 17.7. The molecular weight excluding hydrogens is 340 g/mol. The molecule has 24 heavy (non-hydrogen) atoms. The first kappa shape index (κ1) is 19.1. The van der Waals surface area contributed by atoms with Crippen LogP contribution in [0.2, 0.25) is 5.02 Å². The van der Waals surface area contributed by atoms with E-state index in [4.69, 9.17) is 11.6 Å². The van der Waals surface area contributed by atoms with Crippen molar-refractivity contribution in [1.82, 2.24) is 9.78 Å². The van der Waals surface area contributed by atoms with Crippen LogP contribution in [-0.4, -0.2) is 9.78 Å². The number of aryl methyl sites for hydroxylation is 1. The van der Waals surface area contributed by atoms with Crippen molar-refractivity contribution < 1.29 is 0 Å². The first-order valence-electron chi connectivity index (χ1n) is 8.32. The Bertz CT molecular complexity index is 733. The lowest BCUT2D eigenvalue weighted by Crippen LogP contribution is -2.36. The lowest BCUT2D eigenvalue weighted by molar-refractivity contribution is 0.336. The smallest absolute Gasteiger partial charge is 0.266 e. The summed E-state index contributed by atoms with van der Waals surface area (Å²) in [4.78, 5) is 13.1. The van der Waals surface area contributed by atoms with Crippen molar-refractivity contribution >= 4 is 23.4 Å². The third-order valence-corrected chi connectivity index (χ3v) is 5.33. The van der Waals surface area contributed by atoms with Gasteiger partial charge in [0.25, 0.3) is 5.56 Å². The van der Waals surface area contributed by atoms with Crippen molar-refractivity contribution in [3.05, 3.63) is 57.0 Å². The van der Waals surface area contributed by atoms with Crippen LogP contribution in [0.15, 0.2) is 40.2 Å². The maximum atomic E-state index is 12.3. The Labute approximate surface area is 153 Å². The number of unbranched alkanes of at least 4 members (excludes halogenated alkanes) is 1. The summed E-state index contributed by atoms with van der Waals surface area (Å²) in [5.41, 5.74) is 1.98. The van der Waals surface area contributed by atoms with Crippen LogP contribution in [0.3, 0.4) is 0 Å². The molecule has 0 saturated carbocycles. The lowest BCUT2D eigenvalue weighted by atomic mass is 10.1. The molecule has 0 spiro atoms. The van der Waals surface area contributed by atoms with Gasteiger partial charge < -0.3 is 0 Å². The molecule has 0 atom stereocenters. The zero-order valence-electron chi connectivity index (χ0n) is 14.8. The van der Waals surface area contributed by atoms with Crippen LogP contribution in [0.4, 0.5) is 0 Å². The summed E-state index contributed by atoms with van der Waals surface area (Å²) >= 11 is 7.81. The molecule has 2 rings (SSSR count). The van der Waals surface area contributed by atoms with Gasteiger partial charge in [0.05, 0.1) is 16.6 Å². The Hall–Kier alpha value is -1.26. The number of aromatic nitrogens is 2. The van der Waals surface area contributed by atoms with E-state index in [1.165, 1.54) is 28.7 Å². The molecule has 0 radical (unpaired) electrons. The second kappa shape index (κ2) is 8.21. The highest BCUT2D eigenvalue weighted by molar-refractivity contribution is 7.98. The summed E-state index contributed by atoms with van der Waals surface area (Å²) in [6.45, 7) is 8.01. The normalized spacial score (nSPS) is 11.7. The van der Waals surface area contributed by atoms with E-state index in [1.807, 2.05) is 20.8 Å². The second-order valence-corrected chi connectivity index (χ2v) is 8.31. The van der Waals surface area contributed by atoms with Crippen LogP contribution in [-0.2, 0) is 17.7 Å². The number of hydrogen-bond donors (Lipinski definition) is 0. The minimum Gasteiger partial charge on any atom is -0.266 e. The van der Waals surface area contributed by atoms with Crippen LogP contribution in [0.5, 0.6) is 0 Å². The Morgan fingerprint density at radius 1 is 1.17 bits per heavy atom. The van der Waals surface area contributed by atoms with Gasteiger partial charge in [0.15, 0.2) is 0 Å². The monoisotopic (exact) mass is 364 g/mol. The molecule has 0 aliphatic carbocycles. The van der Waals surface area contributed by atoms with Crippen molar-refractivity contribution in [2.24, 2.45) is 0 Å². The van der Waals surface area contributed by atoms with Gasteiger partial charge in [-0.1, -0.05) is 49.2 Å². The molecule has 0 amide bonds. The second-order valence-electron chi connectivity index (χ2n) is 6.92. The molecule has 0 bridgehead atoms. The molecule has 3 nitrogen and oxygen atoms in total. The summed E-state index contributed by atoms with van der Waals surface area (Å²) in [5.74, 6) is 0.772. The highest BCUT2D eigenvalue weighted by Crippen LogP contribution is 2.27. The van der Waals surface area contributed by atoms with E-state index < -0.39 is 0 Å². The Balaban J connectivity index is 2.07. The molecule has 1 aromatic heterocycles. The van der Waals surface area contributed by atoms with Gasteiger partial charge in [-0.15, -0.1) is 11.8 Å². The van der Waals surface area contributed by atoms with Crippen LogP contribution in [0, 0.1) is 0 Å². The molecule has 1 aromatic carbocycles. The van der Waals surface area contributed by atoms with Crippen molar-refractivity contribution in [1.29, 1.82) is 0 Å². The standard InChI is InChI=1S/C19H25ClN2OS/c1-5-6-7-14-8-10-15(11-9-14)13-24-16-12-21-22(19(2,3)4)18(23)17(16)20/h8-12H,5-7,13H2,1-4H3. The Morgan fingerprint density at radius 2 is 1.79 bits per heavy atom. The van der Waals surface area contributed by atoms with E-state index in [2.05, 4.69) is 36.3 Å². The number of halogens is 1. The first-order valence-corrected chi connectivity index (χ1v) is 9.68. The molecule has 2 aromatic rings. The third kappa shape index (κ3) is 4.87. The van der Waals surface area contributed by atoms with Gasteiger partial charge in [0, 0.05) is 5.75 Å². The van der Waals surface area contributed by atoms with Gasteiger partial charge >= 0.3 is 0 Å². The minimum atomic E-state index is -0.377. The molecule has 0 N–H and O–H groups in total. The molecule has 0 saturated heterocycles. The third-order valence-electron chi connectivity index (χ3n) is 3.76. The number of hydrogen-bond acceptors (Lipinski definition) is 3. The zero-order valence-corrected chi connectivity index (χ0v) is 16.4. The predicted octanol–water partition coefficient (Wildman–Crippen LogP) is 5.29. The maximum Gasteiger partial charge on any atom is 0.287 e. The van der Waals surface area contributed by atoms with Crippen molar-refractivity contribution in [2.45, 2.75) is 63.1 Å². The average Bonchev–Trinajstić information content (AvgIpc) is 2.54. The van der Waals surface area contributed by atoms with E-state index >= 15 is 0 Å². The van der Waals surface area contributed by atoms with Crippen molar-refractivity contribution in [3.63, 3.8) is 0 Å². The van der Waals surface area contributed by atoms with E-state index in [9.17, 15) is 4.79 Å².